The zero-order valence-electron chi connectivity index (χ0n) is 10.9. The number of hydrogen-bond acceptors (Lipinski definition) is 5. The summed E-state index contributed by atoms with van der Waals surface area (Å²) in [5.41, 5.74) is 1.10. The molecule has 5 heteroatoms. The molecule has 1 fully saturated rings. The van der Waals surface area contributed by atoms with Gasteiger partial charge in [0.05, 0.1) is 25.1 Å². The number of nitrogens with one attached hydrogen (secondary N) is 1. The largest absolute Gasteiger partial charge is 0.384 e. The van der Waals surface area contributed by atoms with Crippen molar-refractivity contribution >= 4 is 23.3 Å². The highest BCUT2D eigenvalue weighted by molar-refractivity contribution is 7.98. The predicted octanol–water partition coefficient (Wildman–Crippen LogP) is 2.08. The van der Waals surface area contributed by atoms with Crippen LogP contribution in [0.2, 0.25) is 0 Å². The van der Waals surface area contributed by atoms with Crippen molar-refractivity contribution < 1.29 is 4.74 Å². The zero-order valence-corrected chi connectivity index (χ0v) is 11.7. The van der Waals surface area contributed by atoms with Gasteiger partial charge in [-0.3, -0.25) is 0 Å². The van der Waals surface area contributed by atoms with Crippen LogP contribution >= 0.6 is 11.8 Å². The minimum atomic E-state index is 0.802. The van der Waals surface area contributed by atoms with Crippen LogP contribution in [0.1, 0.15) is 6.42 Å². The summed E-state index contributed by atoms with van der Waals surface area (Å²) in [5, 5.41) is 3.39. The summed E-state index contributed by atoms with van der Waals surface area (Å²) < 4.78 is 5.34. The highest BCUT2D eigenvalue weighted by Gasteiger charge is 2.11. The summed E-state index contributed by atoms with van der Waals surface area (Å²) in [6.07, 6.45) is 5.24. The van der Waals surface area contributed by atoms with Crippen LogP contribution in [0.3, 0.4) is 0 Å². The molecular formula is C13H21N3OS. The lowest BCUT2D eigenvalue weighted by molar-refractivity contribution is 0.122. The Kier molecular flexibility index (Phi) is 5.61. The third kappa shape index (κ3) is 4.07. The van der Waals surface area contributed by atoms with Gasteiger partial charge in [0.2, 0.25) is 0 Å². The second-order valence-corrected chi connectivity index (χ2v) is 5.26. The number of thioether (sulfide) groups is 1. The van der Waals surface area contributed by atoms with Gasteiger partial charge in [0, 0.05) is 19.6 Å². The van der Waals surface area contributed by atoms with Gasteiger partial charge in [-0.15, -0.1) is 0 Å². The lowest BCUT2D eigenvalue weighted by atomic mass is 10.3. The van der Waals surface area contributed by atoms with Gasteiger partial charge in [-0.1, -0.05) is 0 Å². The van der Waals surface area contributed by atoms with Gasteiger partial charge in [-0.05, 0) is 30.6 Å². The molecule has 1 aromatic heterocycles. The van der Waals surface area contributed by atoms with Crippen LogP contribution in [-0.4, -0.2) is 49.8 Å². The summed E-state index contributed by atoms with van der Waals surface area (Å²) in [6.45, 7) is 4.49. The van der Waals surface area contributed by atoms with Crippen molar-refractivity contribution in [2.45, 2.75) is 6.42 Å². The number of ether oxygens (including phenoxy) is 1. The Bertz CT molecular complexity index is 339. The maximum absolute atomic E-state index is 5.34. The van der Waals surface area contributed by atoms with E-state index >= 15 is 0 Å². The zero-order chi connectivity index (χ0) is 12.6. The molecule has 1 aliphatic heterocycles. The Hall–Kier alpha value is -0.940. The lowest BCUT2D eigenvalue weighted by Crippen LogP contribution is -2.36. The summed E-state index contributed by atoms with van der Waals surface area (Å²) in [7, 11) is 0. The Morgan fingerprint density at radius 3 is 2.89 bits per heavy atom. The van der Waals surface area contributed by atoms with Crippen molar-refractivity contribution in [3.63, 3.8) is 0 Å². The molecule has 0 bridgehead atoms. The molecule has 0 unspecified atom stereocenters. The van der Waals surface area contributed by atoms with Crippen LogP contribution in [0.25, 0.3) is 0 Å². The molecule has 0 atom stereocenters. The van der Waals surface area contributed by atoms with Gasteiger partial charge in [0.1, 0.15) is 5.82 Å². The number of anilines is 2. The first kappa shape index (κ1) is 13.5. The van der Waals surface area contributed by atoms with Crippen LogP contribution in [0.4, 0.5) is 11.5 Å². The molecular weight excluding hydrogens is 246 g/mol. The van der Waals surface area contributed by atoms with Gasteiger partial charge >= 0.3 is 0 Å². The Morgan fingerprint density at radius 1 is 1.39 bits per heavy atom. The number of rotatable bonds is 6. The fraction of sp³-hybridized carbons (Fsp3) is 0.615. The van der Waals surface area contributed by atoms with Crippen LogP contribution < -0.4 is 10.2 Å². The summed E-state index contributed by atoms with van der Waals surface area (Å²) in [6, 6.07) is 4.19. The minimum Gasteiger partial charge on any atom is -0.384 e. The van der Waals surface area contributed by atoms with Gasteiger partial charge in [0.25, 0.3) is 0 Å². The average Bonchev–Trinajstić information content (AvgIpc) is 2.45. The number of pyridine rings is 1. The lowest BCUT2D eigenvalue weighted by Gasteiger charge is -2.27. The Balaban J connectivity index is 1.81. The first-order valence-corrected chi connectivity index (χ1v) is 7.81. The third-order valence-corrected chi connectivity index (χ3v) is 3.63. The van der Waals surface area contributed by atoms with E-state index in [4.69, 9.17) is 4.74 Å². The van der Waals surface area contributed by atoms with Crippen molar-refractivity contribution in [3.05, 3.63) is 18.3 Å². The van der Waals surface area contributed by atoms with Crippen molar-refractivity contribution in [2.24, 2.45) is 0 Å². The third-order valence-electron chi connectivity index (χ3n) is 2.94. The van der Waals surface area contributed by atoms with Crippen molar-refractivity contribution in [3.8, 4) is 0 Å². The monoisotopic (exact) mass is 267 g/mol. The molecule has 0 aliphatic carbocycles. The topological polar surface area (TPSA) is 37.4 Å². The number of morpholine rings is 1. The van der Waals surface area contributed by atoms with Crippen molar-refractivity contribution in [2.75, 3.05) is 55.1 Å². The van der Waals surface area contributed by atoms with Crippen molar-refractivity contribution in [1.29, 1.82) is 0 Å². The van der Waals surface area contributed by atoms with Gasteiger partial charge in [-0.2, -0.15) is 11.8 Å². The molecule has 2 rings (SSSR count). The average molecular weight is 267 g/mol. The summed E-state index contributed by atoms with van der Waals surface area (Å²) >= 11 is 1.88. The van der Waals surface area contributed by atoms with E-state index in [1.54, 1.807) is 0 Å². The summed E-state index contributed by atoms with van der Waals surface area (Å²) in [5.74, 6) is 2.25. The molecule has 18 heavy (non-hydrogen) atoms. The quantitative estimate of drug-likeness (QED) is 0.799. The highest BCUT2D eigenvalue weighted by Crippen LogP contribution is 2.15. The van der Waals surface area contributed by atoms with Crippen LogP contribution in [0, 0.1) is 0 Å². The van der Waals surface area contributed by atoms with Crippen LogP contribution in [-0.2, 0) is 4.74 Å². The Morgan fingerprint density at radius 2 is 2.22 bits per heavy atom. The first-order chi connectivity index (χ1) is 8.90. The van der Waals surface area contributed by atoms with E-state index in [1.807, 2.05) is 18.0 Å². The minimum absolute atomic E-state index is 0.802. The molecule has 0 amide bonds. The maximum Gasteiger partial charge on any atom is 0.128 e. The number of aromatic nitrogens is 1. The first-order valence-electron chi connectivity index (χ1n) is 6.42. The predicted molar refractivity (Wildman–Crippen MR) is 78.8 cm³/mol. The second-order valence-electron chi connectivity index (χ2n) is 4.28. The van der Waals surface area contributed by atoms with Crippen LogP contribution in [0.5, 0.6) is 0 Å². The molecule has 0 aromatic carbocycles. The molecule has 1 N–H and O–H groups in total. The second kappa shape index (κ2) is 7.48. The van der Waals surface area contributed by atoms with Gasteiger partial charge < -0.3 is 15.0 Å². The smallest absolute Gasteiger partial charge is 0.128 e. The maximum atomic E-state index is 5.34. The van der Waals surface area contributed by atoms with E-state index in [2.05, 4.69) is 33.6 Å². The van der Waals surface area contributed by atoms with E-state index in [0.717, 1.165) is 44.4 Å². The van der Waals surface area contributed by atoms with Crippen LogP contribution in [0.15, 0.2) is 18.3 Å². The van der Waals surface area contributed by atoms with E-state index in [-0.39, 0.29) is 0 Å². The molecule has 0 spiro atoms. The van der Waals surface area contributed by atoms with E-state index in [9.17, 15) is 0 Å². The van der Waals surface area contributed by atoms with Crippen molar-refractivity contribution in [1.82, 2.24) is 4.98 Å². The Labute approximate surface area is 113 Å². The molecule has 0 radical (unpaired) electrons. The molecule has 1 saturated heterocycles. The molecule has 4 nitrogen and oxygen atoms in total. The molecule has 2 heterocycles. The number of hydrogen-bond donors (Lipinski definition) is 1. The molecule has 1 aliphatic rings. The highest BCUT2D eigenvalue weighted by atomic mass is 32.2. The van der Waals surface area contributed by atoms with E-state index in [1.165, 1.54) is 12.2 Å². The van der Waals surface area contributed by atoms with Gasteiger partial charge in [0.15, 0.2) is 0 Å². The fourth-order valence-corrected chi connectivity index (χ4v) is 2.35. The molecule has 100 valence electrons. The van der Waals surface area contributed by atoms with E-state index in [0.29, 0.717) is 0 Å². The molecule has 0 saturated carbocycles. The standard InChI is InChI=1S/C13H21N3OS/c1-18-10-2-5-14-12-3-4-13(15-11-12)16-6-8-17-9-7-16/h3-4,11,14H,2,5-10H2,1H3. The fourth-order valence-electron chi connectivity index (χ4n) is 1.92. The normalized spacial score (nSPS) is 15.7. The summed E-state index contributed by atoms with van der Waals surface area (Å²) in [4.78, 5) is 6.77. The molecule has 1 aromatic rings. The van der Waals surface area contributed by atoms with Gasteiger partial charge in [-0.25, -0.2) is 4.98 Å². The van der Waals surface area contributed by atoms with E-state index < -0.39 is 0 Å². The SMILES string of the molecule is CSCCCNc1ccc(N2CCOCC2)nc1. The number of nitrogens with zero attached hydrogens (tertiary/aromatic N) is 2.